The van der Waals surface area contributed by atoms with Gasteiger partial charge >= 0.3 is 5.97 Å². The zero-order valence-electron chi connectivity index (χ0n) is 22.5. The maximum Gasteiger partial charge on any atom is 0.305 e. The van der Waals surface area contributed by atoms with Gasteiger partial charge in [0.1, 0.15) is 0 Å². The minimum atomic E-state index is -0.0863. The van der Waals surface area contributed by atoms with Gasteiger partial charge in [-0.2, -0.15) is 5.48 Å². The Labute approximate surface area is 220 Å². The van der Waals surface area contributed by atoms with Crippen molar-refractivity contribution in [2.75, 3.05) is 13.2 Å². The second-order valence-electron chi connectivity index (χ2n) is 9.73. The van der Waals surface area contributed by atoms with Crippen LogP contribution in [-0.4, -0.2) is 25.2 Å². The molecular weight excluding hydrogens is 446 g/mol. The van der Waals surface area contributed by atoms with Crippen LogP contribution in [-0.2, 0) is 14.4 Å². The number of carbonyl (C=O) groups is 1. The van der Waals surface area contributed by atoms with Crippen LogP contribution in [0.2, 0.25) is 0 Å². The van der Waals surface area contributed by atoms with Crippen LogP contribution in [0, 0.1) is 0 Å². The first-order valence-electron chi connectivity index (χ1n) is 14.3. The van der Waals surface area contributed by atoms with Crippen molar-refractivity contribution in [2.45, 2.75) is 109 Å². The van der Waals surface area contributed by atoms with E-state index in [1.807, 2.05) is 6.07 Å². The van der Waals surface area contributed by atoms with Crippen molar-refractivity contribution < 1.29 is 14.4 Å². The summed E-state index contributed by atoms with van der Waals surface area (Å²) in [5, 5.41) is 0. The van der Waals surface area contributed by atoms with Gasteiger partial charge in [-0.3, -0.25) is 4.79 Å². The molecule has 0 saturated heterocycles. The second-order valence-corrected chi connectivity index (χ2v) is 9.73. The Morgan fingerprint density at radius 1 is 0.833 bits per heavy atom. The summed E-state index contributed by atoms with van der Waals surface area (Å²) in [4.78, 5) is 17.4. The molecule has 0 radical (unpaired) electrons. The highest BCUT2D eigenvalue weighted by Gasteiger charge is 2.38. The second kappa shape index (κ2) is 21.0. The third-order valence-corrected chi connectivity index (χ3v) is 6.43. The fourth-order valence-corrected chi connectivity index (χ4v) is 4.09. The standard InChI is InChI=1S/C32H49NO3/c1-2-3-4-5-6-7-8-9-10-11-12-13-14-15-16-21-26-35-32(34)25-20-22-27-36-33-31-28-30(31)29-23-18-17-19-24-29/h6-7,9-10,12-13,17-19,23-24,30-31,33H,2-5,8,11,14-16,20-22,25-28H2,1H3/t30-,31+/m0/s1. The lowest BCUT2D eigenvalue weighted by Gasteiger charge is -2.06. The molecule has 0 bridgehead atoms. The number of hydrogen-bond acceptors (Lipinski definition) is 4. The number of ether oxygens (including phenoxy) is 1. The van der Waals surface area contributed by atoms with Gasteiger partial charge in [0, 0.05) is 18.4 Å². The fourth-order valence-electron chi connectivity index (χ4n) is 4.09. The molecule has 0 amide bonds. The van der Waals surface area contributed by atoms with Gasteiger partial charge in [-0.25, -0.2) is 0 Å². The van der Waals surface area contributed by atoms with Gasteiger partial charge < -0.3 is 9.57 Å². The summed E-state index contributed by atoms with van der Waals surface area (Å²) in [6, 6.07) is 11.0. The molecule has 1 fully saturated rings. The van der Waals surface area contributed by atoms with Crippen molar-refractivity contribution in [3.63, 3.8) is 0 Å². The molecule has 4 heteroatoms. The molecule has 1 N–H and O–H groups in total. The van der Waals surface area contributed by atoms with Gasteiger partial charge in [0.25, 0.3) is 0 Å². The van der Waals surface area contributed by atoms with E-state index in [0.29, 0.717) is 31.6 Å². The molecule has 0 spiro atoms. The summed E-state index contributed by atoms with van der Waals surface area (Å²) >= 11 is 0. The van der Waals surface area contributed by atoms with E-state index in [0.717, 1.165) is 57.8 Å². The van der Waals surface area contributed by atoms with Crippen molar-refractivity contribution in [3.8, 4) is 0 Å². The topological polar surface area (TPSA) is 47.6 Å². The van der Waals surface area contributed by atoms with Crippen LogP contribution < -0.4 is 5.48 Å². The number of hydroxylamine groups is 1. The summed E-state index contributed by atoms with van der Waals surface area (Å²) < 4.78 is 5.35. The monoisotopic (exact) mass is 495 g/mol. The number of hydrogen-bond donors (Lipinski definition) is 1. The van der Waals surface area contributed by atoms with Crippen LogP contribution >= 0.6 is 0 Å². The molecule has 0 unspecified atom stereocenters. The molecule has 2 atom stereocenters. The zero-order valence-corrected chi connectivity index (χ0v) is 22.5. The number of rotatable bonds is 22. The van der Waals surface area contributed by atoms with E-state index in [1.54, 1.807) is 0 Å². The summed E-state index contributed by atoms with van der Waals surface area (Å²) in [6.07, 6.45) is 28.3. The molecular formula is C32H49NO3. The Hall–Kier alpha value is -2.17. The number of nitrogens with one attached hydrogen (secondary N) is 1. The largest absolute Gasteiger partial charge is 0.466 e. The van der Waals surface area contributed by atoms with Crippen molar-refractivity contribution in [1.29, 1.82) is 0 Å². The number of esters is 1. The first kappa shape index (κ1) is 30.1. The molecule has 0 aromatic heterocycles. The first-order chi connectivity index (χ1) is 17.8. The minimum Gasteiger partial charge on any atom is -0.466 e. The normalized spacial score (nSPS) is 17.5. The maximum absolute atomic E-state index is 11.9. The molecule has 2 rings (SSSR count). The van der Waals surface area contributed by atoms with Gasteiger partial charge in [-0.1, -0.05) is 86.6 Å². The SMILES string of the molecule is CCCCCC=CCC=CCC=CCCCCCOC(=O)CCCCON[C@@H]1C[C@H]1c1ccccc1. The molecule has 1 aliphatic carbocycles. The van der Waals surface area contributed by atoms with Gasteiger partial charge in [0.05, 0.1) is 13.2 Å². The molecule has 0 heterocycles. The summed E-state index contributed by atoms with van der Waals surface area (Å²) in [5.41, 5.74) is 4.53. The number of benzene rings is 1. The van der Waals surface area contributed by atoms with E-state index in [4.69, 9.17) is 9.57 Å². The smallest absolute Gasteiger partial charge is 0.305 e. The lowest BCUT2D eigenvalue weighted by atomic mass is 10.1. The first-order valence-corrected chi connectivity index (χ1v) is 14.3. The summed E-state index contributed by atoms with van der Waals surface area (Å²) in [6.45, 7) is 3.41. The van der Waals surface area contributed by atoms with E-state index in [-0.39, 0.29) is 5.97 Å². The van der Waals surface area contributed by atoms with Gasteiger partial charge in [0.15, 0.2) is 0 Å². The van der Waals surface area contributed by atoms with Crippen molar-refractivity contribution in [1.82, 2.24) is 5.48 Å². The minimum absolute atomic E-state index is 0.0863. The average Bonchev–Trinajstić information content (AvgIpc) is 3.68. The van der Waals surface area contributed by atoms with Crippen LogP contribution in [0.5, 0.6) is 0 Å². The molecule has 0 aliphatic heterocycles. The Kier molecular flexibility index (Phi) is 17.5. The quantitative estimate of drug-likeness (QED) is 0.0759. The van der Waals surface area contributed by atoms with Crippen molar-refractivity contribution in [2.24, 2.45) is 0 Å². The highest BCUT2D eigenvalue weighted by Crippen LogP contribution is 2.40. The highest BCUT2D eigenvalue weighted by atomic mass is 16.6. The number of allylic oxidation sites excluding steroid dienone is 6. The molecule has 1 aliphatic rings. The van der Waals surface area contributed by atoms with E-state index >= 15 is 0 Å². The van der Waals surface area contributed by atoms with Crippen LogP contribution in [0.15, 0.2) is 66.8 Å². The number of carbonyl (C=O) groups excluding carboxylic acids is 1. The molecule has 1 aromatic carbocycles. The Morgan fingerprint density at radius 3 is 2.22 bits per heavy atom. The zero-order chi connectivity index (χ0) is 25.5. The molecule has 200 valence electrons. The Morgan fingerprint density at radius 2 is 1.50 bits per heavy atom. The fraction of sp³-hybridized carbons (Fsp3) is 0.594. The van der Waals surface area contributed by atoms with Gasteiger partial charge in [0.2, 0.25) is 0 Å². The van der Waals surface area contributed by atoms with Crippen molar-refractivity contribution >= 4 is 5.97 Å². The lowest BCUT2D eigenvalue weighted by molar-refractivity contribution is -0.144. The van der Waals surface area contributed by atoms with Crippen LogP contribution in [0.25, 0.3) is 0 Å². The van der Waals surface area contributed by atoms with E-state index in [2.05, 4.69) is 73.1 Å². The Bertz CT molecular complexity index is 756. The Balaban J connectivity index is 1.29. The molecule has 1 aromatic rings. The molecule has 36 heavy (non-hydrogen) atoms. The van der Waals surface area contributed by atoms with Crippen LogP contribution in [0.3, 0.4) is 0 Å². The predicted molar refractivity (Wildman–Crippen MR) is 151 cm³/mol. The lowest BCUT2D eigenvalue weighted by Crippen LogP contribution is -2.19. The highest BCUT2D eigenvalue weighted by molar-refractivity contribution is 5.69. The predicted octanol–water partition coefficient (Wildman–Crippen LogP) is 8.37. The summed E-state index contributed by atoms with van der Waals surface area (Å²) in [5.74, 6) is 0.480. The number of unbranched alkanes of at least 4 members (excludes halogenated alkanes) is 7. The van der Waals surface area contributed by atoms with E-state index < -0.39 is 0 Å². The average molecular weight is 496 g/mol. The molecule has 1 saturated carbocycles. The van der Waals surface area contributed by atoms with Gasteiger partial charge in [-0.05, 0) is 76.2 Å². The third kappa shape index (κ3) is 15.7. The van der Waals surface area contributed by atoms with E-state index in [1.165, 1.54) is 31.2 Å². The van der Waals surface area contributed by atoms with Crippen LogP contribution in [0.4, 0.5) is 0 Å². The van der Waals surface area contributed by atoms with Crippen LogP contribution in [0.1, 0.15) is 108 Å². The van der Waals surface area contributed by atoms with Crippen molar-refractivity contribution in [3.05, 3.63) is 72.4 Å². The maximum atomic E-state index is 11.9. The third-order valence-electron chi connectivity index (χ3n) is 6.43. The molecule has 4 nitrogen and oxygen atoms in total. The van der Waals surface area contributed by atoms with Gasteiger partial charge in [-0.15, -0.1) is 0 Å². The van der Waals surface area contributed by atoms with E-state index in [9.17, 15) is 4.79 Å². The summed E-state index contributed by atoms with van der Waals surface area (Å²) in [7, 11) is 0.